The Morgan fingerprint density at radius 1 is 1.03 bits per heavy atom. The molecule has 0 spiro atoms. The third kappa shape index (κ3) is 7.70. The summed E-state index contributed by atoms with van der Waals surface area (Å²) in [5.41, 5.74) is -0.195. The van der Waals surface area contributed by atoms with E-state index in [0.29, 0.717) is 18.8 Å². The minimum atomic E-state index is -1.34. The fourth-order valence-electron chi connectivity index (χ4n) is 3.83. The van der Waals surface area contributed by atoms with E-state index < -0.39 is 48.1 Å². The standard InChI is InChI=1S/C26H34N4O7/c1-15(2)10-18(22(32)26(4)14-36-26)27-23(33)19(12-17-8-6-5-7-9-17)28-25(35)21(13-31)29-24(34)20-11-16(3)37-30-20/h5-9,11,15,18-19,21,31H,10,12-14H2,1-4H3,(H,27,33)(H,28,35)(H,29,34)/t18-,19-,21-,26-/m0/s1. The molecule has 1 aliphatic rings. The second-order valence-electron chi connectivity index (χ2n) is 9.86. The lowest BCUT2D eigenvalue weighted by Gasteiger charge is -2.26. The smallest absolute Gasteiger partial charge is 0.274 e. The van der Waals surface area contributed by atoms with Crippen LogP contribution in [0.4, 0.5) is 0 Å². The van der Waals surface area contributed by atoms with Crippen LogP contribution in [0.1, 0.15) is 49.0 Å². The summed E-state index contributed by atoms with van der Waals surface area (Å²) in [5, 5.41) is 21.2. The van der Waals surface area contributed by atoms with Gasteiger partial charge in [-0.05, 0) is 31.7 Å². The van der Waals surface area contributed by atoms with Gasteiger partial charge in [0.1, 0.15) is 23.4 Å². The second kappa shape index (κ2) is 12.1. The van der Waals surface area contributed by atoms with Crippen LogP contribution in [0.5, 0.6) is 0 Å². The Kier molecular flexibility index (Phi) is 9.17. The van der Waals surface area contributed by atoms with Gasteiger partial charge in [0.25, 0.3) is 5.91 Å². The number of ether oxygens (including phenoxy) is 1. The second-order valence-corrected chi connectivity index (χ2v) is 9.86. The van der Waals surface area contributed by atoms with Gasteiger partial charge in [-0.25, -0.2) is 0 Å². The number of rotatable bonds is 13. The number of amides is 3. The van der Waals surface area contributed by atoms with Crippen molar-refractivity contribution < 1.29 is 33.5 Å². The van der Waals surface area contributed by atoms with Crippen molar-refractivity contribution in [1.82, 2.24) is 21.1 Å². The minimum Gasteiger partial charge on any atom is -0.394 e. The van der Waals surface area contributed by atoms with Gasteiger partial charge in [0.2, 0.25) is 11.8 Å². The molecule has 4 N–H and O–H groups in total. The molecule has 3 amide bonds. The van der Waals surface area contributed by atoms with E-state index in [4.69, 9.17) is 9.26 Å². The van der Waals surface area contributed by atoms with Crippen LogP contribution in [0.3, 0.4) is 0 Å². The Bertz CT molecular complexity index is 1110. The fraction of sp³-hybridized carbons (Fsp3) is 0.500. The number of ketones is 1. The molecule has 2 heterocycles. The molecule has 0 unspecified atom stereocenters. The number of Topliss-reactive ketones (excluding diaryl/α,β-unsaturated/α-hetero) is 1. The van der Waals surface area contributed by atoms with E-state index in [9.17, 15) is 24.3 Å². The normalized spacial score (nSPS) is 19.0. The quantitative estimate of drug-likeness (QED) is 0.284. The molecule has 0 radical (unpaired) electrons. The summed E-state index contributed by atoms with van der Waals surface area (Å²) in [6.45, 7) is 6.76. The lowest BCUT2D eigenvalue weighted by atomic mass is 9.93. The molecule has 37 heavy (non-hydrogen) atoms. The van der Waals surface area contributed by atoms with E-state index >= 15 is 0 Å². The van der Waals surface area contributed by atoms with Gasteiger partial charge >= 0.3 is 0 Å². The highest BCUT2D eigenvalue weighted by molar-refractivity contribution is 5.99. The molecular weight excluding hydrogens is 480 g/mol. The van der Waals surface area contributed by atoms with E-state index in [-0.39, 0.29) is 23.8 Å². The molecule has 1 aromatic heterocycles. The number of aliphatic hydroxyl groups excluding tert-OH is 1. The Hall–Kier alpha value is -3.57. The van der Waals surface area contributed by atoms with Crippen LogP contribution in [0.2, 0.25) is 0 Å². The third-order valence-electron chi connectivity index (χ3n) is 6.02. The maximum absolute atomic E-state index is 13.4. The van der Waals surface area contributed by atoms with Crippen molar-refractivity contribution in [3.63, 3.8) is 0 Å². The summed E-state index contributed by atoms with van der Waals surface area (Å²) in [4.78, 5) is 51.8. The average molecular weight is 515 g/mol. The highest BCUT2D eigenvalue weighted by Gasteiger charge is 2.50. The molecule has 0 saturated carbocycles. The molecule has 11 heteroatoms. The summed E-state index contributed by atoms with van der Waals surface area (Å²) < 4.78 is 10.2. The zero-order chi connectivity index (χ0) is 27.2. The number of benzene rings is 1. The van der Waals surface area contributed by atoms with Crippen molar-refractivity contribution in [2.24, 2.45) is 5.92 Å². The first kappa shape index (κ1) is 28.0. The van der Waals surface area contributed by atoms with E-state index in [0.717, 1.165) is 5.56 Å². The molecule has 1 saturated heterocycles. The molecule has 0 aliphatic carbocycles. The highest BCUT2D eigenvalue weighted by Crippen LogP contribution is 2.29. The van der Waals surface area contributed by atoms with Gasteiger partial charge in [0.15, 0.2) is 11.5 Å². The summed E-state index contributed by atoms with van der Waals surface area (Å²) in [5.74, 6) is -1.73. The molecule has 200 valence electrons. The zero-order valence-corrected chi connectivity index (χ0v) is 21.4. The highest BCUT2D eigenvalue weighted by atomic mass is 16.6. The Morgan fingerprint density at radius 2 is 1.65 bits per heavy atom. The van der Waals surface area contributed by atoms with Crippen molar-refractivity contribution in [3.05, 3.63) is 53.4 Å². The fourth-order valence-corrected chi connectivity index (χ4v) is 3.83. The molecule has 2 aromatic rings. The Balaban J connectivity index is 1.75. The molecular formula is C26H34N4O7. The van der Waals surface area contributed by atoms with Crippen LogP contribution in [-0.2, 0) is 25.5 Å². The summed E-state index contributed by atoms with van der Waals surface area (Å²) >= 11 is 0. The van der Waals surface area contributed by atoms with Crippen LogP contribution >= 0.6 is 0 Å². The Labute approximate surface area is 215 Å². The number of hydrogen-bond acceptors (Lipinski definition) is 8. The van der Waals surface area contributed by atoms with Crippen LogP contribution < -0.4 is 16.0 Å². The minimum absolute atomic E-state index is 0.0480. The number of aryl methyl sites for hydroxylation is 1. The lowest BCUT2D eigenvalue weighted by molar-refractivity contribution is -0.133. The number of nitrogens with zero attached hydrogens (tertiary/aromatic N) is 1. The van der Waals surface area contributed by atoms with Crippen LogP contribution in [0.15, 0.2) is 40.9 Å². The summed E-state index contributed by atoms with van der Waals surface area (Å²) in [6.07, 6.45) is 0.533. The number of nitrogens with one attached hydrogen (secondary N) is 3. The number of carbonyl (C=O) groups is 4. The molecule has 1 aliphatic heterocycles. The van der Waals surface area contributed by atoms with Gasteiger partial charge in [-0.1, -0.05) is 49.3 Å². The molecule has 0 bridgehead atoms. The largest absolute Gasteiger partial charge is 0.394 e. The first-order chi connectivity index (χ1) is 17.5. The van der Waals surface area contributed by atoms with Crippen molar-refractivity contribution >= 4 is 23.5 Å². The maximum Gasteiger partial charge on any atom is 0.274 e. The topological polar surface area (TPSA) is 163 Å². The third-order valence-corrected chi connectivity index (χ3v) is 6.02. The van der Waals surface area contributed by atoms with Gasteiger partial charge < -0.3 is 30.3 Å². The number of aromatic nitrogens is 1. The lowest BCUT2D eigenvalue weighted by Crippen LogP contribution is -2.58. The van der Waals surface area contributed by atoms with Crippen LogP contribution in [0.25, 0.3) is 0 Å². The average Bonchev–Trinajstić information content (AvgIpc) is 3.46. The van der Waals surface area contributed by atoms with Gasteiger partial charge in [-0.15, -0.1) is 0 Å². The van der Waals surface area contributed by atoms with E-state index in [1.165, 1.54) is 6.07 Å². The molecule has 1 aromatic carbocycles. The molecule has 11 nitrogen and oxygen atoms in total. The molecule has 1 fully saturated rings. The van der Waals surface area contributed by atoms with Crippen molar-refractivity contribution in [2.45, 2.75) is 64.3 Å². The predicted molar refractivity (Wildman–Crippen MR) is 132 cm³/mol. The van der Waals surface area contributed by atoms with E-state index in [1.54, 1.807) is 38.1 Å². The van der Waals surface area contributed by atoms with Crippen molar-refractivity contribution in [1.29, 1.82) is 0 Å². The van der Waals surface area contributed by atoms with Gasteiger partial charge in [0, 0.05) is 12.5 Å². The van der Waals surface area contributed by atoms with E-state index in [1.807, 2.05) is 19.9 Å². The molecule has 4 atom stereocenters. The summed E-state index contributed by atoms with van der Waals surface area (Å²) in [6, 6.07) is 7.22. The number of epoxide rings is 1. The SMILES string of the molecule is Cc1cc(C(=O)N[C@@H](CO)C(=O)N[C@@H](Cc2ccccc2)C(=O)N[C@@H](CC(C)C)C(=O)[C@]2(C)CO2)no1. The number of hydrogen-bond donors (Lipinski definition) is 4. The predicted octanol–water partition coefficient (Wildman–Crippen LogP) is 0.690. The van der Waals surface area contributed by atoms with Gasteiger partial charge in [-0.3, -0.25) is 19.2 Å². The number of aliphatic hydroxyl groups is 1. The van der Waals surface area contributed by atoms with Crippen molar-refractivity contribution in [3.8, 4) is 0 Å². The first-order valence-electron chi connectivity index (χ1n) is 12.2. The van der Waals surface area contributed by atoms with Crippen LogP contribution in [-0.4, -0.2) is 70.7 Å². The number of carbonyl (C=O) groups excluding carboxylic acids is 4. The van der Waals surface area contributed by atoms with Crippen LogP contribution in [0, 0.1) is 12.8 Å². The van der Waals surface area contributed by atoms with Gasteiger partial charge in [-0.2, -0.15) is 0 Å². The first-order valence-corrected chi connectivity index (χ1v) is 12.2. The maximum atomic E-state index is 13.4. The molecule has 3 rings (SSSR count). The Morgan fingerprint density at radius 3 is 2.19 bits per heavy atom. The zero-order valence-electron chi connectivity index (χ0n) is 21.4. The van der Waals surface area contributed by atoms with Gasteiger partial charge in [0.05, 0.1) is 19.3 Å². The van der Waals surface area contributed by atoms with Crippen molar-refractivity contribution in [2.75, 3.05) is 13.2 Å². The summed E-state index contributed by atoms with van der Waals surface area (Å²) in [7, 11) is 0. The van der Waals surface area contributed by atoms with E-state index in [2.05, 4.69) is 21.1 Å². The monoisotopic (exact) mass is 514 g/mol.